The minimum absolute atomic E-state index is 0.628. The van der Waals surface area contributed by atoms with Gasteiger partial charge in [-0.3, -0.25) is 0 Å². The Morgan fingerprint density at radius 1 is 1.25 bits per heavy atom. The minimum atomic E-state index is 0.628. The maximum atomic E-state index is 6.02. The summed E-state index contributed by atoms with van der Waals surface area (Å²) in [5.41, 5.74) is 1.11. The van der Waals surface area contributed by atoms with Gasteiger partial charge in [0.1, 0.15) is 5.15 Å². The van der Waals surface area contributed by atoms with Crippen LogP contribution < -0.4 is 5.32 Å². The monoisotopic (exact) mass is 238 g/mol. The molecule has 2 rings (SSSR count). The summed E-state index contributed by atoms with van der Waals surface area (Å²) in [7, 11) is 0. The van der Waals surface area contributed by atoms with E-state index in [1.54, 1.807) is 6.20 Å². The molecular weight excluding hydrogens is 220 g/mol. The number of rotatable bonds is 3. The Morgan fingerprint density at radius 2 is 2.00 bits per heavy atom. The molecule has 1 heterocycles. The SMILES string of the molecule is Clc1ncccc1CNC1CCCCCC1. The largest absolute Gasteiger partial charge is 0.310 e. The van der Waals surface area contributed by atoms with Crippen LogP contribution in [0.1, 0.15) is 44.1 Å². The Morgan fingerprint density at radius 3 is 2.69 bits per heavy atom. The van der Waals surface area contributed by atoms with E-state index in [-0.39, 0.29) is 0 Å². The maximum Gasteiger partial charge on any atom is 0.133 e. The van der Waals surface area contributed by atoms with Crippen LogP contribution in [0.15, 0.2) is 18.3 Å². The Kier molecular flexibility index (Phi) is 4.61. The molecule has 0 radical (unpaired) electrons. The van der Waals surface area contributed by atoms with Crippen LogP contribution in [0.2, 0.25) is 5.15 Å². The second kappa shape index (κ2) is 6.21. The smallest absolute Gasteiger partial charge is 0.133 e. The molecule has 1 aliphatic carbocycles. The summed E-state index contributed by atoms with van der Waals surface area (Å²) in [4.78, 5) is 4.09. The number of aromatic nitrogens is 1. The van der Waals surface area contributed by atoms with Crippen molar-refractivity contribution in [3.05, 3.63) is 29.0 Å². The van der Waals surface area contributed by atoms with E-state index in [1.165, 1.54) is 38.5 Å². The van der Waals surface area contributed by atoms with E-state index < -0.39 is 0 Å². The number of pyridine rings is 1. The van der Waals surface area contributed by atoms with Gasteiger partial charge in [-0.2, -0.15) is 0 Å². The molecule has 0 unspecified atom stereocenters. The Labute approximate surface area is 102 Å². The van der Waals surface area contributed by atoms with Crippen LogP contribution in [0, 0.1) is 0 Å². The average molecular weight is 239 g/mol. The van der Waals surface area contributed by atoms with Crippen LogP contribution >= 0.6 is 11.6 Å². The van der Waals surface area contributed by atoms with Crippen molar-refractivity contribution in [3.8, 4) is 0 Å². The molecule has 1 aliphatic rings. The first kappa shape index (κ1) is 11.9. The summed E-state index contributed by atoms with van der Waals surface area (Å²) in [5, 5.41) is 4.22. The van der Waals surface area contributed by atoms with Gasteiger partial charge in [-0.25, -0.2) is 4.98 Å². The topological polar surface area (TPSA) is 24.9 Å². The first-order chi connectivity index (χ1) is 7.86. The number of nitrogens with one attached hydrogen (secondary N) is 1. The van der Waals surface area contributed by atoms with E-state index in [9.17, 15) is 0 Å². The van der Waals surface area contributed by atoms with Crippen molar-refractivity contribution < 1.29 is 0 Å². The van der Waals surface area contributed by atoms with Gasteiger partial charge in [-0.15, -0.1) is 0 Å². The third-order valence-electron chi connectivity index (χ3n) is 3.27. The molecule has 16 heavy (non-hydrogen) atoms. The van der Waals surface area contributed by atoms with E-state index in [1.807, 2.05) is 12.1 Å². The molecule has 2 nitrogen and oxygen atoms in total. The summed E-state index contributed by atoms with van der Waals surface area (Å²) in [6.07, 6.45) is 9.85. The lowest BCUT2D eigenvalue weighted by atomic mass is 10.1. The molecule has 3 heteroatoms. The molecule has 1 saturated carbocycles. The normalized spacial score (nSPS) is 18.3. The third-order valence-corrected chi connectivity index (χ3v) is 3.61. The first-order valence-corrected chi connectivity index (χ1v) is 6.57. The first-order valence-electron chi connectivity index (χ1n) is 6.19. The van der Waals surface area contributed by atoms with Crippen molar-refractivity contribution in [2.75, 3.05) is 0 Å². The Bertz CT molecular complexity index is 319. The molecule has 1 aromatic rings. The summed E-state index contributed by atoms with van der Waals surface area (Å²) in [5.74, 6) is 0. The van der Waals surface area contributed by atoms with Crippen LogP contribution in [0.5, 0.6) is 0 Å². The maximum absolute atomic E-state index is 6.02. The highest BCUT2D eigenvalue weighted by atomic mass is 35.5. The van der Waals surface area contributed by atoms with Gasteiger partial charge >= 0.3 is 0 Å². The zero-order chi connectivity index (χ0) is 11.2. The highest BCUT2D eigenvalue weighted by Gasteiger charge is 2.11. The number of hydrogen-bond donors (Lipinski definition) is 1. The Hall–Kier alpha value is -0.600. The van der Waals surface area contributed by atoms with Crippen LogP contribution in [0.25, 0.3) is 0 Å². The fraction of sp³-hybridized carbons (Fsp3) is 0.615. The predicted molar refractivity (Wildman–Crippen MR) is 67.6 cm³/mol. The van der Waals surface area contributed by atoms with Crippen molar-refractivity contribution in [3.63, 3.8) is 0 Å². The molecule has 0 aromatic carbocycles. The standard InChI is InChI=1S/C13H19ClN2/c14-13-11(6-5-9-15-13)10-16-12-7-3-1-2-4-8-12/h5-6,9,12,16H,1-4,7-8,10H2. The highest BCUT2D eigenvalue weighted by molar-refractivity contribution is 6.30. The molecule has 0 atom stereocenters. The van der Waals surface area contributed by atoms with Crippen LogP contribution in [0.4, 0.5) is 0 Å². The fourth-order valence-corrected chi connectivity index (χ4v) is 2.48. The molecule has 1 N–H and O–H groups in total. The van der Waals surface area contributed by atoms with Gasteiger partial charge in [0.25, 0.3) is 0 Å². The molecule has 1 fully saturated rings. The fourth-order valence-electron chi connectivity index (χ4n) is 2.29. The number of nitrogens with zero attached hydrogens (tertiary/aromatic N) is 1. The zero-order valence-corrected chi connectivity index (χ0v) is 10.3. The van der Waals surface area contributed by atoms with E-state index in [0.29, 0.717) is 11.2 Å². The van der Waals surface area contributed by atoms with E-state index in [0.717, 1.165) is 12.1 Å². The second-order valence-corrected chi connectivity index (χ2v) is 4.88. The van der Waals surface area contributed by atoms with E-state index in [2.05, 4.69) is 10.3 Å². The molecule has 88 valence electrons. The lowest BCUT2D eigenvalue weighted by Gasteiger charge is -2.16. The van der Waals surface area contributed by atoms with Crippen molar-refractivity contribution in [1.29, 1.82) is 0 Å². The van der Waals surface area contributed by atoms with E-state index >= 15 is 0 Å². The lowest BCUT2D eigenvalue weighted by Crippen LogP contribution is -2.28. The van der Waals surface area contributed by atoms with Crippen molar-refractivity contribution in [2.24, 2.45) is 0 Å². The molecule has 0 aliphatic heterocycles. The molecular formula is C13H19ClN2. The molecule has 0 amide bonds. The summed E-state index contributed by atoms with van der Waals surface area (Å²) in [6, 6.07) is 4.65. The summed E-state index contributed by atoms with van der Waals surface area (Å²) >= 11 is 6.02. The van der Waals surface area contributed by atoms with Gasteiger partial charge in [0.2, 0.25) is 0 Å². The quantitative estimate of drug-likeness (QED) is 0.644. The van der Waals surface area contributed by atoms with Crippen molar-refractivity contribution in [2.45, 2.75) is 51.1 Å². The van der Waals surface area contributed by atoms with Gasteiger partial charge in [0, 0.05) is 24.3 Å². The second-order valence-electron chi connectivity index (χ2n) is 4.52. The van der Waals surface area contributed by atoms with E-state index in [4.69, 9.17) is 11.6 Å². The average Bonchev–Trinajstić information content (AvgIpc) is 2.56. The number of halogens is 1. The van der Waals surface area contributed by atoms with Crippen LogP contribution in [0.3, 0.4) is 0 Å². The highest BCUT2D eigenvalue weighted by Crippen LogP contribution is 2.18. The molecule has 0 bridgehead atoms. The Balaban J connectivity index is 1.84. The van der Waals surface area contributed by atoms with Crippen molar-refractivity contribution >= 4 is 11.6 Å². The minimum Gasteiger partial charge on any atom is -0.310 e. The molecule has 0 saturated heterocycles. The van der Waals surface area contributed by atoms with Gasteiger partial charge in [-0.05, 0) is 18.9 Å². The third kappa shape index (κ3) is 3.46. The van der Waals surface area contributed by atoms with Gasteiger partial charge in [0.05, 0.1) is 0 Å². The lowest BCUT2D eigenvalue weighted by molar-refractivity contribution is 0.459. The van der Waals surface area contributed by atoms with Gasteiger partial charge in [0.15, 0.2) is 0 Å². The molecule has 0 spiro atoms. The van der Waals surface area contributed by atoms with Gasteiger partial charge < -0.3 is 5.32 Å². The zero-order valence-electron chi connectivity index (χ0n) is 9.58. The number of hydrogen-bond acceptors (Lipinski definition) is 2. The molecule has 1 aromatic heterocycles. The predicted octanol–water partition coefficient (Wildman–Crippen LogP) is 3.55. The van der Waals surface area contributed by atoms with Crippen molar-refractivity contribution in [1.82, 2.24) is 10.3 Å². The summed E-state index contributed by atoms with van der Waals surface area (Å²) < 4.78 is 0. The van der Waals surface area contributed by atoms with Crippen LogP contribution in [-0.4, -0.2) is 11.0 Å². The summed E-state index contributed by atoms with van der Waals surface area (Å²) in [6.45, 7) is 0.845. The van der Waals surface area contributed by atoms with Gasteiger partial charge in [-0.1, -0.05) is 43.4 Å². The van der Waals surface area contributed by atoms with Crippen LogP contribution in [-0.2, 0) is 6.54 Å².